The van der Waals surface area contributed by atoms with Crippen LogP contribution in [0.2, 0.25) is 0 Å². The van der Waals surface area contributed by atoms with Gasteiger partial charge in [-0.25, -0.2) is 4.98 Å². The third-order valence-electron chi connectivity index (χ3n) is 3.99. The summed E-state index contributed by atoms with van der Waals surface area (Å²) in [6.45, 7) is 3.20. The average molecular weight is 220 g/mol. The van der Waals surface area contributed by atoms with Crippen molar-refractivity contribution in [2.24, 2.45) is 0 Å². The molecule has 1 atom stereocenters. The Morgan fingerprint density at radius 1 is 1.44 bits per heavy atom. The lowest BCUT2D eigenvalue weighted by Gasteiger charge is -2.31. The van der Waals surface area contributed by atoms with Gasteiger partial charge in [-0.2, -0.15) is 0 Å². The first-order chi connectivity index (χ1) is 7.84. The number of hydrogen-bond acceptors (Lipinski definition) is 3. The van der Waals surface area contributed by atoms with Crippen LogP contribution < -0.4 is 5.32 Å². The molecule has 0 amide bonds. The molecule has 1 aliphatic heterocycles. The maximum atomic E-state index is 4.56. The number of aromatic nitrogens is 2. The van der Waals surface area contributed by atoms with Crippen LogP contribution in [-0.2, 0) is 0 Å². The highest BCUT2D eigenvalue weighted by molar-refractivity contribution is 5.13. The number of aromatic amines is 1. The Balaban J connectivity index is 1.75. The van der Waals surface area contributed by atoms with Gasteiger partial charge in [0, 0.05) is 37.4 Å². The van der Waals surface area contributed by atoms with E-state index in [4.69, 9.17) is 0 Å². The normalized spacial score (nSPS) is 27.9. The minimum atomic E-state index is 0.419. The number of H-pyrrole nitrogens is 1. The van der Waals surface area contributed by atoms with Crippen LogP contribution in [0.1, 0.15) is 42.7 Å². The van der Waals surface area contributed by atoms with E-state index in [1.165, 1.54) is 25.0 Å². The summed E-state index contributed by atoms with van der Waals surface area (Å²) in [6, 6.07) is 0.419. The van der Waals surface area contributed by atoms with Gasteiger partial charge >= 0.3 is 0 Å². The molecule has 16 heavy (non-hydrogen) atoms. The number of piperazine rings is 1. The number of nitrogens with zero attached hydrogens (tertiary/aromatic N) is 2. The summed E-state index contributed by atoms with van der Waals surface area (Å²) in [4.78, 5) is 10.5. The van der Waals surface area contributed by atoms with Gasteiger partial charge in [0.15, 0.2) is 0 Å². The summed E-state index contributed by atoms with van der Waals surface area (Å²) in [5, 5.41) is 3.43. The summed E-state index contributed by atoms with van der Waals surface area (Å²) in [5.74, 6) is 1.89. The molecule has 4 heteroatoms. The summed E-state index contributed by atoms with van der Waals surface area (Å²) >= 11 is 0. The highest BCUT2D eigenvalue weighted by Crippen LogP contribution is 2.35. The van der Waals surface area contributed by atoms with Gasteiger partial charge in [0.05, 0.1) is 6.04 Å². The number of imidazole rings is 1. The molecule has 2 fully saturated rings. The second-order valence-electron chi connectivity index (χ2n) is 5.05. The molecule has 88 valence electrons. The molecule has 1 aromatic heterocycles. The molecule has 1 saturated carbocycles. The molecule has 2 heterocycles. The van der Waals surface area contributed by atoms with Crippen LogP contribution in [0, 0.1) is 0 Å². The van der Waals surface area contributed by atoms with Crippen molar-refractivity contribution in [2.45, 2.75) is 31.2 Å². The lowest BCUT2D eigenvalue weighted by molar-refractivity contribution is 0.195. The predicted octanol–water partition coefficient (Wildman–Crippen LogP) is 1.25. The number of likely N-dealkylation sites (N-methyl/N-ethyl adjacent to an activating group) is 1. The molecule has 0 spiro atoms. The fraction of sp³-hybridized carbons (Fsp3) is 0.750. The fourth-order valence-corrected chi connectivity index (χ4v) is 2.56. The highest BCUT2D eigenvalue weighted by Gasteiger charge is 2.26. The first kappa shape index (κ1) is 10.3. The van der Waals surface area contributed by atoms with Crippen LogP contribution in [-0.4, -0.2) is 41.5 Å². The predicted molar refractivity (Wildman–Crippen MR) is 63.4 cm³/mol. The van der Waals surface area contributed by atoms with Crippen LogP contribution in [0.5, 0.6) is 0 Å². The van der Waals surface area contributed by atoms with E-state index in [1.54, 1.807) is 0 Å². The molecule has 1 saturated heterocycles. The van der Waals surface area contributed by atoms with E-state index in [0.29, 0.717) is 6.04 Å². The van der Waals surface area contributed by atoms with Crippen LogP contribution in [0.25, 0.3) is 0 Å². The van der Waals surface area contributed by atoms with Crippen molar-refractivity contribution in [3.8, 4) is 0 Å². The average Bonchev–Trinajstić information content (AvgIpc) is 2.65. The van der Waals surface area contributed by atoms with Gasteiger partial charge in [0.2, 0.25) is 0 Å². The quantitative estimate of drug-likeness (QED) is 0.788. The molecule has 1 unspecified atom stereocenters. The van der Waals surface area contributed by atoms with Crippen LogP contribution in [0.15, 0.2) is 6.20 Å². The number of nitrogens with one attached hydrogen (secondary N) is 2. The second-order valence-corrected chi connectivity index (χ2v) is 5.05. The highest BCUT2D eigenvalue weighted by atomic mass is 15.2. The molecule has 2 N–H and O–H groups in total. The van der Waals surface area contributed by atoms with Gasteiger partial charge in [0.25, 0.3) is 0 Å². The van der Waals surface area contributed by atoms with E-state index in [2.05, 4.69) is 27.2 Å². The van der Waals surface area contributed by atoms with Crippen molar-refractivity contribution in [3.63, 3.8) is 0 Å². The Labute approximate surface area is 96.4 Å². The standard InChI is InChI=1S/C12H20N4/c1-16-6-5-13-8-11(16)12-14-7-10(15-12)9-3-2-4-9/h7,9,11,13H,2-6,8H2,1H3,(H,14,15). The van der Waals surface area contributed by atoms with E-state index in [0.717, 1.165) is 31.4 Å². The largest absolute Gasteiger partial charge is 0.344 e. The van der Waals surface area contributed by atoms with Gasteiger partial charge in [-0.05, 0) is 19.9 Å². The zero-order chi connectivity index (χ0) is 11.0. The van der Waals surface area contributed by atoms with Crippen LogP contribution in [0.4, 0.5) is 0 Å². The van der Waals surface area contributed by atoms with Crippen molar-refractivity contribution in [1.29, 1.82) is 0 Å². The Morgan fingerprint density at radius 3 is 3.00 bits per heavy atom. The van der Waals surface area contributed by atoms with Gasteiger partial charge in [-0.3, -0.25) is 4.90 Å². The van der Waals surface area contributed by atoms with Crippen LogP contribution >= 0.6 is 0 Å². The fourth-order valence-electron chi connectivity index (χ4n) is 2.56. The number of rotatable bonds is 2. The molecule has 1 aliphatic carbocycles. The molecule has 0 bridgehead atoms. The summed E-state index contributed by atoms with van der Waals surface area (Å²) < 4.78 is 0. The zero-order valence-corrected chi connectivity index (χ0v) is 9.87. The van der Waals surface area contributed by atoms with Crippen molar-refractivity contribution < 1.29 is 0 Å². The molecule has 3 rings (SSSR count). The van der Waals surface area contributed by atoms with E-state index in [-0.39, 0.29) is 0 Å². The molecule has 0 aromatic carbocycles. The van der Waals surface area contributed by atoms with E-state index in [9.17, 15) is 0 Å². The smallest absolute Gasteiger partial charge is 0.124 e. The van der Waals surface area contributed by atoms with E-state index in [1.807, 2.05) is 6.20 Å². The molecule has 4 nitrogen and oxygen atoms in total. The lowest BCUT2D eigenvalue weighted by atomic mass is 9.83. The zero-order valence-electron chi connectivity index (χ0n) is 9.87. The van der Waals surface area contributed by atoms with Crippen molar-refractivity contribution in [1.82, 2.24) is 20.2 Å². The monoisotopic (exact) mass is 220 g/mol. The summed E-state index contributed by atoms with van der Waals surface area (Å²) in [7, 11) is 2.18. The SMILES string of the molecule is CN1CCNCC1c1ncc(C2CCC2)[nH]1. The summed E-state index contributed by atoms with van der Waals surface area (Å²) in [5.41, 5.74) is 1.35. The maximum absolute atomic E-state index is 4.56. The van der Waals surface area contributed by atoms with E-state index >= 15 is 0 Å². The minimum Gasteiger partial charge on any atom is -0.344 e. The van der Waals surface area contributed by atoms with E-state index < -0.39 is 0 Å². The molecule has 2 aliphatic rings. The van der Waals surface area contributed by atoms with Crippen LogP contribution in [0.3, 0.4) is 0 Å². The Kier molecular flexibility index (Phi) is 2.69. The Bertz CT molecular complexity index is 356. The van der Waals surface area contributed by atoms with Crippen molar-refractivity contribution in [2.75, 3.05) is 26.7 Å². The van der Waals surface area contributed by atoms with Gasteiger partial charge in [-0.15, -0.1) is 0 Å². The molecular formula is C12H20N4. The third kappa shape index (κ3) is 1.76. The van der Waals surface area contributed by atoms with Crippen molar-refractivity contribution >= 4 is 0 Å². The lowest BCUT2D eigenvalue weighted by Crippen LogP contribution is -2.44. The minimum absolute atomic E-state index is 0.419. The molecule has 1 aromatic rings. The topological polar surface area (TPSA) is 44.0 Å². The Morgan fingerprint density at radius 2 is 2.31 bits per heavy atom. The third-order valence-corrected chi connectivity index (χ3v) is 3.99. The Hall–Kier alpha value is -0.870. The summed E-state index contributed by atoms with van der Waals surface area (Å²) in [6.07, 6.45) is 6.09. The first-order valence-electron chi connectivity index (χ1n) is 6.30. The second kappa shape index (κ2) is 4.18. The molecular weight excluding hydrogens is 200 g/mol. The first-order valence-corrected chi connectivity index (χ1v) is 6.30. The van der Waals surface area contributed by atoms with Gasteiger partial charge in [0.1, 0.15) is 5.82 Å². The van der Waals surface area contributed by atoms with Gasteiger partial charge < -0.3 is 10.3 Å². The van der Waals surface area contributed by atoms with Gasteiger partial charge in [-0.1, -0.05) is 6.42 Å². The maximum Gasteiger partial charge on any atom is 0.124 e. The number of hydrogen-bond donors (Lipinski definition) is 2. The van der Waals surface area contributed by atoms with Crippen molar-refractivity contribution in [3.05, 3.63) is 17.7 Å². The molecule has 0 radical (unpaired) electrons.